The zero-order chi connectivity index (χ0) is 13.9. The molecule has 2 aromatic rings. The van der Waals surface area contributed by atoms with Crippen molar-refractivity contribution in [3.05, 3.63) is 60.2 Å². The molecule has 0 saturated carbocycles. The first kappa shape index (κ1) is 13.6. The number of nitrogens with one attached hydrogen (secondary N) is 1. The number of para-hydroxylation sites is 1. The average Bonchev–Trinajstić information content (AvgIpc) is 2.39. The largest absolute Gasteiger partial charge is 0.322 e. The van der Waals surface area contributed by atoms with E-state index in [1.807, 2.05) is 6.07 Å². The lowest BCUT2D eigenvalue weighted by Gasteiger charge is -2.05. The Labute approximate surface area is 115 Å². The van der Waals surface area contributed by atoms with Crippen LogP contribution in [-0.2, 0) is 9.05 Å². The van der Waals surface area contributed by atoms with Crippen LogP contribution < -0.4 is 5.32 Å². The summed E-state index contributed by atoms with van der Waals surface area (Å²) in [5.41, 5.74) is 0.859. The molecule has 19 heavy (non-hydrogen) atoms. The average molecular weight is 296 g/mol. The molecule has 1 amide bonds. The van der Waals surface area contributed by atoms with Crippen molar-refractivity contribution in [2.45, 2.75) is 4.90 Å². The SMILES string of the molecule is O=C(Nc1ccccc1)c1cccc(S(=O)(=O)Cl)c1. The molecule has 0 unspecified atom stereocenters. The quantitative estimate of drug-likeness (QED) is 0.886. The predicted molar refractivity (Wildman–Crippen MR) is 73.9 cm³/mol. The molecular formula is C13H10ClNO3S. The van der Waals surface area contributed by atoms with Crippen LogP contribution in [0.15, 0.2) is 59.5 Å². The molecule has 6 heteroatoms. The first-order valence-electron chi connectivity index (χ1n) is 5.38. The number of halogens is 1. The third-order valence-electron chi connectivity index (χ3n) is 2.41. The number of hydrogen-bond acceptors (Lipinski definition) is 3. The van der Waals surface area contributed by atoms with Crippen LogP contribution in [0.5, 0.6) is 0 Å². The molecule has 4 nitrogen and oxygen atoms in total. The lowest BCUT2D eigenvalue weighted by atomic mass is 10.2. The molecule has 2 rings (SSSR count). The Bertz CT molecular complexity index is 699. The third-order valence-corrected chi connectivity index (χ3v) is 3.76. The number of carbonyl (C=O) groups excluding carboxylic acids is 1. The summed E-state index contributed by atoms with van der Waals surface area (Å²) in [6, 6.07) is 14.4. The van der Waals surface area contributed by atoms with E-state index < -0.39 is 15.0 Å². The lowest BCUT2D eigenvalue weighted by molar-refractivity contribution is 0.102. The molecule has 1 N–H and O–H groups in total. The van der Waals surface area contributed by atoms with Crippen molar-refractivity contribution < 1.29 is 13.2 Å². The van der Waals surface area contributed by atoms with Gasteiger partial charge in [0, 0.05) is 21.9 Å². The van der Waals surface area contributed by atoms with Crippen molar-refractivity contribution in [3.63, 3.8) is 0 Å². The van der Waals surface area contributed by atoms with E-state index in [0.717, 1.165) is 0 Å². The van der Waals surface area contributed by atoms with Gasteiger partial charge in [0.15, 0.2) is 0 Å². The first-order valence-corrected chi connectivity index (χ1v) is 7.69. The van der Waals surface area contributed by atoms with Gasteiger partial charge in [0.25, 0.3) is 15.0 Å². The van der Waals surface area contributed by atoms with Crippen molar-refractivity contribution in [2.75, 3.05) is 5.32 Å². The van der Waals surface area contributed by atoms with Crippen molar-refractivity contribution in [2.24, 2.45) is 0 Å². The molecule has 0 aromatic heterocycles. The van der Waals surface area contributed by atoms with Crippen LogP contribution in [0.4, 0.5) is 5.69 Å². The molecular weight excluding hydrogens is 286 g/mol. The predicted octanol–water partition coefficient (Wildman–Crippen LogP) is 2.87. The van der Waals surface area contributed by atoms with Crippen LogP contribution in [0.3, 0.4) is 0 Å². The fourth-order valence-electron chi connectivity index (χ4n) is 1.51. The highest BCUT2D eigenvalue weighted by molar-refractivity contribution is 8.13. The van der Waals surface area contributed by atoms with Crippen LogP contribution in [0.25, 0.3) is 0 Å². The number of carbonyl (C=O) groups is 1. The fraction of sp³-hybridized carbons (Fsp3) is 0. The van der Waals surface area contributed by atoms with Gasteiger partial charge in [-0.25, -0.2) is 8.42 Å². The molecule has 0 aliphatic heterocycles. The maximum absolute atomic E-state index is 11.9. The van der Waals surface area contributed by atoms with Gasteiger partial charge in [0.2, 0.25) is 0 Å². The van der Waals surface area contributed by atoms with Gasteiger partial charge in [0.05, 0.1) is 4.90 Å². The van der Waals surface area contributed by atoms with E-state index in [0.29, 0.717) is 5.69 Å². The molecule has 0 aliphatic rings. The van der Waals surface area contributed by atoms with E-state index in [2.05, 4.69) is 5.32 Å². The Kier molecular flexibility index (Phi) is 3.87. The Morgan fingerprint density at radius 2 is 1.68 bits per heavy atom. The summed E-state index contributed by atoms with van der Waals surface area (Å²) in [6.07, 6.45) is 0. The molecule has 0 fully saturated rings. The summed E-state index contributed by atoms with van der Waals surface area (Å²) in [6.45, 7) is 0. The second-order valence-corrected chi connectivity index (χ2v) is 6.35. The van der Waals surface area contributed by atoms with Gasteiger partial charge in [0.1, 0.15) is 0 Å². The van der Waals surface area contributed by atoms with Gasteiger partial charge in [-0.1, -0.05) is 24.3 Å². The Hall–Kier alpha value is -1.85. The Balaban J connectivity index is 2.25. The van der Waals surface area contributed by atoms with Gasteiger partial charge in [-0.2, -0.15) is 0 Å². The zero-order valence-electron chi connectivity index (χ0n) is 9.71. The van der Waals surface area contributed by atoms with Crippen molar-refractivity contribution >= 4 is 31.3 Å². The summed E-state index contributed by atoms with van der Waals surface area (Å²) >= 11 is 0. The molecule has 0 aliphatic carbocycles. The Morgan fingerprint density at radius 1 is 1.00 bits per heavy atom. The molecule has 0 atom stereocenters. The van der Waals surface area contributed by atoms with Crippen LogP contribution in [-0.4, -0.2) is 14.3 Å². The van der Waals surface area contributed by atoms with E-state index >= 15 is 0 Å². The molecule has 0 spiro atoms. The zero-order valence-corrected chi connectivity index (χ0v) is 11.3. The second kappa shape index (κ2) is 5.42. The molecule has 0 heterocycles. The molecule has 98 valence electrons. The third kappa shape index (κ3) is 3.56. The smallest absolute Gasteiger partial charge is 0.261 e. The minimum Gasteiger partial charge on any atom is -0.322 e. The van der Waals surface area contributed by atoms with Crippen LogP contribution in [0, 0.1) is 0 Å². The number of rotatable bonds is 3. The standard InChI is InChI=1S/C13H10ClNO3S/c14-19(17,18)12-8-4-5-10(9-12)13(16)15-11-6-2-1-3-7-11/h1-9H,(H,15,16). The number of anilines is 1. The normalized spacial score (nSPS) is 11.0. The topological polar surface area (TPSA) is 63.2 Å². The summed E-state index contributed by atoms with van der Waals surface area (Å²) < 4.78 is 22.4. The summed E-state index contributed by atoms with van der Waals surface area (Å²) in [7, 11) is 1.40. The van der Waals surface area contributed by atoms with Gasteiger partial charge in [-0.15, -0.1) is 0 Å². The van der Waals surface area contributed by atoms with Gasteiger partial charge < -0.3 is 5.32 Å². The van der Waals surface area contributed by atoms with E-state index in [4.69, 9.17) is 10.7 Å². The minimum absolute atomic E-state index is 0.102. The van der Waals surface area contributed by atoms with Crippen LogP contribution in [0.2, 0.25) is 0 Å². The van der Waals surface area contributed by atoms with Crippen molar-refractivity contribution in [1.82, 2.24) is 0 Å². The second-order valence-electron chi connectivity index (χ2n) is 3.79. The van der Waals surface area contributed by atoms with E-state index in [1.54, 1.807) is 24.3 Å². The van der Waals surface area contributed by atoms with Gasteiger partial charge in [-0.05, 0) is 30.3 Å². The molecule has 0 bridgehead atoms. The van der Waals surface area contributed by atoms with Crippen molar-refractivity contribution in [3.8, 4) is 0 Å². The highest BCUT2D eigenvalue weighted by atomic mass is 35.7. The van der Waals surface area contributed by atoms with E-state index in [-0.39, 0.29) is 10.5 Å². The van der Waals surface area contributed by atoms with E-state index in [1.165, 1.54) is 24.3 Å². The van der Waals surface area contributed by atoms with Gasteiger partial charge >= 0.3 is 0 Å². The van der Waals surface area contributed by atoms with Crippen LogP contribution in [0.1, 0.15) is 10.4 Å². The number of benzene rings is 2. The van der Waals surface area contributed by atoms with Gasteiger partial charge in [-0.3, -0.25) is 4.79 Å². The van der Waals surface area contributed by atoms with Crippen molar-refractivity contribution in [1.29, 1.82) is 0 Å². The number of amides is 1. The maximum Gasteiger partial charge on any atom is 0.261 e. The lowest BCUT2D eigenvalue weighted by Crippen LogP contribution is -2.12. The fourth-order valence-corrected chi connectivity index (χ4v) is 2.31. The summed E-state index contributed by atoms with van der Waals surface area (Å²) in [5, 5.41) is 2.66. The first-order chi connectivity index (χ1) is 8.97. The minimum atomic E-state index is -3.84. The van der Waals surface area contributed by atoms with Crippen LogP contribution >= 0.6 is 10.7 Å². The highest BCUT2D eigenvalue weighted by Crippen LogP contribution is 2.17. The maximum atomic E-state index is 11.9. The number of hydrogen-bond donors (Lipinski definition) is 1. The monoisotopic (exact) mass is 295 g/mol. The highest BCUT2D eigenvalue weighted by Gasteiger charge is 2.13. The van der Waals surface area contributed by atoms with E-state index in [9.17, 15) is 13.2 Å². The Morgan fingerprint density at radius 3 is 2.32 bits per heavy atom. The molecule has 0 radical (unpaired) electrons. The summed E-state index contributed by atoms with van der Waals surface area (Å²) in [5.74, 6) is -0.395. The molecule has 2 aromatic carbocycles. The summed E-state index contributed by atoms with van der Waals surface area (Å²) in [4.78, 5) is 11.8. The molecule has 0 saturated heterocycles.